The Morgan fingerprint density at radius 1 is 1.25 bits per heavy atom. The van der Waals surface area contributed by atoms with Crippen molar-refractivity contribution in [3.05, 3.63) is 59.9 Å². The molecule has 1 aliphatic heterocycles. The number of carbonyl (C=O) groups is 1. The number of sulfonamides is 1. The summed E-state index contributed by atoms with van der Waals surface area (Å²) in [6.07, 6.45) is 3.22. The quantitative estimate of drug-likeness (QED) is 0.774. The molecular formula is C21H25N3O3S. The van der Waals surface area contributed by atoms with Crippen molar-refractivity contribution in [1.82, 2.24) is 14.2 Å². The molecule has 4 rings (SSSR count). The Hall–Kier alpha value is -2.25. The molecule has 1 aromatic carbocycles. The van der Waals surface area contributed by atoms with Gasteiger partial charge in [-0.2, -0.15) is 4.31 Å². The summed E-state index contributed by atoms with van der Waals surface area (Å²) in [5.41, 5.74) is 1.68. The van der Waals surface area contributed by atoms with Gasteiger partial charge in [0.2, 0.25) is 15.9 Å². The number of amides is 1. The third kappa shape index (κ3) is 3.44. The second kappa shape index (κ2) is 6.97. The van der Waals surface area contributed by atoms with E-state index in [0.29, 0.717) is 24.5 Å². The molecule has 0 unspecified atom stereocenters. The van der Waals surface area contributed by atoms with Gasteiger partial charge in [-0.05, 0) is 49.4 Å². The Kier molecular flexibility index (Phi) is 4.75. The lowest BCUT2D eigenvalue weighted by atomic mass is 10.0. The molecule has 28 heavy (non-hydrogen) atoms. The fourth-order valence-corrected chi connectivity index (χ4v) is 5.68. The lowest BCUT2D eigenvalue weighted by Gasteiger charge is -2.19. The predicted molar refractivity (Wildman–Crippen MR) is 106 cm³/mol. The normalized spacial score (nSPS) is 24.4. The summed E-state index contributed by atoms with van der Waals surface area (Å²) in [5.74, 6) is -0.0142. The van der Waals surface area contributed by atoms with E-state index in [9.17, 15) is 13.2 Å². The predicted octanol–water partition coefficient (Wildman–Crippen LogP) is 2.45. The maximum atomic E-state index is 12.9. The van der Waals surface area contributed by atoms with Crippen LogP contribution >= 0.6 is 0 Å². The first kappa shape index (κ1) is 19.1. The van der Waals surface area contributed by atoms with Crippen LogP contribution in [0.1, 0.15) is 24.1 Å². The van der Waals surface area contributed by atoms with Gasteiger partial charge >= 0.3 is 0 Å². The lowest BCUT2D eigenvalue weighted by Crippen LogP contribution is -2.32. The minimum absolute atomic E-state index is 0.0836. The molecule has 1 amide bonds. The van der Waals surface area contributed by atoms with Gasteiger partial charge in [-0.3, -0.25) is 9.78 Å². The third-order valence-electron chi connectivity index (χ3n) is 6.00. The molecule has 1 spiro atoms. The maximum absolute atomic E-state index is 12.9. The van der Waals surface area contributed by atoms with Crippen molar-refractivity contribution >= 4 is 15.9 Å². The number of hydrogen-bond donors (Lipinski definition) is 0. The first-order valence-corrected chi connectivity index (χ1v) is 11.0. The van der Waals surface area contributed by atoms with E-state index < -0.39 is 10.0 Å². The zero-order valence-corrected chi connectivity index (χ0v) is 17.0. The van der Waals surface area contributed by atoms with Crippen molar-refractivity contribution in [3.8, 4) is 0 Å². The van der Waals surface area contributed by atoms with E-state index in [2.05, 4.69) is 4.98 Å². The Balaban J connectivity index is 1.42. The van der Waals surface area contributed by atoms with Gasteiger partial charge in [0.15, 0.2) is 0 Å². The van der Waals surface area contributed by atoms with Gasteiger partial charge in [-0.1, -0.05) is 23.8 Å². The van der Waals surface area contributed by atoms with Gasteiger partial charge < -0.3 is 4.90 Å². The van der Waals surface area contributed by atoms with Gasteiger partial charge in [-0.15, -0.1) is 0 Å². The van der Waals surface area contributed by atoms with Gasteiger partial charge in [0.25, 0.3) is 0 Å². The topological polar surface area (TPSA) is 70.6 Å². The molecule has 1 saturated heterocycles. The van der Waals surface area contributed by atoms with E-state index in [4.69, 9.17) is 0 Å². The molecule has 1 aliphatic carbocycles. The van der Waals surface area contributed by atoms with E-state index >= 15 is 0 Å². The highest BCUT2D eigenvalue weighted by Gasteiger charge is 2.62. The number of aryl methyl sites for hydroxylation is 1. The summed E-state index contributed by atoms with van der Waals surface area (Å²) >= 11 is 0. The molecule has 2 fully saturated rings. The SMILES string of the molecule is Cc1ccc(S(=O)(=O)N2CC[C@@]3(C[C@@H]3C(=O)N(C)Cc3ccccn3)C2)cc1. The summed E-state index contributed by atoms with van der Waals surface area (Å²) in [6.45, 7) is 3.31. The summed E-state index contributed by atoms with van der Waals surface area (Å²) in [7, 11) is -1.72. The number of benzene rings is 1. The largest absolute Gasteiger partial charge is 0.340 e. The molecule has 2 heterocycles. The second-order valence-electron chi connectivity index (χ2n) is 8.04. The molecule has 0 radical (unpaired) electrons. The molecule has 2 atom stereocenters. The van der Waals surface area contributed by atoms with Crippen LogP contribution in [0, 0.1) is 18.3 Å². The van der Waals surface area contributed by atoms with E-state index in [-0.39, 0.29) is 17.2 Å². The first-order chi connectivity index (χ1) is 13.3. The average molecular weight is 400 g/mol. The van der Waals surface area contributed by atoms with Gasteiger partial charge in [0, 0.05) is 32.3 Å². The third-order valence-corrected chi connectivity index (χ3v) is 7.86. The number of aromatic nitrogens is 1. The zero-order valence-electron chi connectivity index (χ0n) is 16.2. The number of nitrogens with zero attached hydrogens (tertiary/aromatic N) is 3. The molecule has 148 valence electrons. The number of pyridine rings is 1. The van der Waals surface area contributed by atoms with Crippen molar-refractivity contribution in [2.24, 2.45) is 11.3 Å². The van der Waals surface area contributed by atoms with Gasteiger partial charge in [0.05, 0.1) is 17.1 Å². The smallest absolute Gasteiger partial charge is 0.243 e. The molecule has 7 heteroatoms. The van der Waals surface area contributed by atoms with Crippen molar-refractivity contribution < 1.29 is 13.2 Å². The molecule has 0 N–H and O–H groups in total. The molecular weight excluding hydrogens is 374 g/mol. The minimum Gasteiger partial charge on any atom is -0.340 e. The average Bonchev–Trinajstić information content (AvgIpc) is 3.20. The molecule has 6 nitrogen and oxygen atoms in total. The van der Waals surface area contributed by atoms with Crippen LogP contribution in [0.4, 0.5) is 0 Å². The van der Waals surface area contributed by atoms with E-state index in [1.165, 1.54) is 0 Å². The van der Waals surface area contributed by atoms with Crippen LogP contribution in [0.15, 0.2) is 53.6 Å². The summed E-state index contributed by atoms with van der Waals surface area (Å²) in [6, 6.07) is 12.6. The molecule has 1 aromatic heterocycles. The van der Waals surface area contributed by atoms with Crippen LogP contribution < -0.4 is 0 Å². The van der Waals surface area contributed by atoms with Crippen molar-refractivity contribution in [1.29, 1.82) is 0 Å². The Labute approximate surface area is 166 Å². The van der Waals surface area contributed by atoms with Crippen molar-refractivity contribution in [3.63, 3.8) is 0 Å². The summed E-state index contributed by atoms with van der Waals surface area (Å²) in [4.78, 5) is 19.2. The van der Waals surface area contributed by atoms with Crippen LogP contribution in [0.5, 0.6) is 0 Å². The highest BCUT2D eigenvalue weighted by Crippen LogP contribution is 2.59. The minimum atomic E-state index is -3.51. The number of rotatable bonds is 5. The Morgan fingerprint density at radius 3 is 2.68 bits per heavy atom. The van der Waals surface area contributed by atoms with Crippen LogP contribution in [-0.2, 0) is 21.4 Å². The van der Waals surface area contributed by atoms with Crippen molar-refractivity contribution in [2.45, 2.75) is 31.2 Å². The molecule has 2 aliphatic rings. The Morgan fingerprint density at radius 2 is 2.00 bits per heavy atom. The lowest BCUT2D eigenvalue weighted by molar-refractivity contribution is -0.132. The van der Waals surface area contributed by atoms with Gasteiger partial charge in [-0.25, -0.2) is 8.42 Å². The van der Waals surface area contributed by atoms with Crippen LogP contribution in [0.25, 0.3) is 0 Å². The number of carbonyl (C=O) groups excluding carboxylic acids is 1. The molecule has 0 bridgehead atoms. The van der Waals surface area contributed by atoms with E-state index in [0.717, 1.165) is 24.1 Å². The second-order valence-corrected chi connectivity index (χ2v) is 9.97. The van der Waals surface area contributed by atoms with Crippen LogP contribution in [-0.4, -0.2) is 48.7 Å². The molecule has 2 aromatic rings. The number of hydrogen-bond acceptors (Lipinski definition) is 4. The maximum Gasteiger partial charge on any atom is 0.243 e. The fraction of sp³-hybridized carbons (Fsp3) is 0.429. The van der Waals surface area contributed by atoms with Gasteiger partial charge in [0.1, 0.15) is 0 Å². The van der Waals surface area contributed by atoms with Crippen LogP contribution in [0.2, 0.25) is 0 Å². The first-order valence-electron chi connectivity index (χ1n) is 9.54. The monoisotopic (exact) mass is 399 g/mol. The van der Waals surface area contributed by atoms with E-state index in [1.54, 1.807) is 34.6 Å². The highest BCUT2D eigenvalue weighted by molar-refractivity contribution is 7.89. The molecule has 1 saturated carbocycles. The highest BCUT2D eigenvalue weighted by atomic mass is 32.2. The fourth-order valence-electron chi connectivity index (χ4n) is 4.15. The van der Waals surface area contributed by atoms with E-state index in [1.807, 2.05) is 37.3 Å². The standard InChI is InChI=1S/C21H25N3O3S/c1-16-6-8-18(9-7-16)28(26,27)24-12-10-21(15-24)13-19(21)20(25)23(2)14-17-5-3-4-11-22-17/h3-9,11,19H,10,12-15H2,1-2H3/t19-,21-/m1/s1. The van der Waals surface area contributed by atoms with Crippen molar-refractivity contribution in [2.75, 3.05) is 20.1 Å². The summed E-state index contributed by atoms with van der Waals surface area (Å²) < 4.78 is 27.4. The van der Waals surface area contributed by atoms with Crippen LogP contribution in [0.3, 0.4) is 0 Å². The Bertz CT molecular complexity index is 976. The zero-order chi connectivity index (χ0) is 19.9. The summed E-state index contributed by atoms with van der Waals surface area (Å²) in [5, 5.41) is 0.